The highest BCUT2D eigenvalue weighted by molar-refractivity contribution is 5.98. The average Bonchev–Trinajstić information content (AvgIpc) is 2.61. The number of carbonyl (C=O) groups excluding carboxylic acids is 2. The van der Waals surface area contributed by atoms with Gasteiger partial charge < -0.3 is 10.4 Å². The number of benzene rings is 2. The van der Waals surface area contributed by atoms with Gasteiger partial charge in [-0.05, 0) is 44.5 Å². The number of Topliss-reactive ketones (excluding diaryl/α,β-unsaturated/α-hetero) is 2. The van der Waals surface area contributed by atoms with E-state index in [2.05, 4.69) is 5.32 Å². The molecule has 0 heterocycles. The molecule has 2 aromatic rings. The van der Waals surface area contributed by atoms with E-state index in [1.165, 1.54) is 19.9 Å². The zero-order chi connectivity index (χ0) is 20.5. The molecule has 0 fully saturated rings. The van der Waals surface area contributed by atoms with Crippen LogP contribution >= 0.6 is 0 Å². The maximum Gasteiger partial charge on any atom is 0.158 e. The molecule has 28 heavy (non-hydrogen) atoms. The summed E-state index contributed by atoms with van der Waals surface area (Å²) >= 11 is 0. The molecule has 0 radical (unpaired) electrons. The summed E-state index contributed by atoms with van der Waals surface area (Å²) in [4.78, 5) is 25.2. The Hall–Kier alpha value is -2.79. The van der Waals surface area contributed by atoms with Crippen molar-refractivity contribution in [3.63, 3.8) is 0 Å². The summed E-state index contributed by atoms with van der Waals surface area (Å²) in [5, 5.41) is 14.4. The zero-order valence-electron chi connectivity index (χ0n) is 16.2. The topological polar surface area (TPSA) is 66.4 Å². The van der Waals surface area contributed by atoms with Crippen molar-refractivity contribution in [3.8, 4) is 0 Å². The second-order valence-electron chi connectivity index (χ2n) is 7.56. The van der Waals surface area contributed by atoms with Gasteiger partial charge in [-0.3, -0.25) is 9.59 Å². The van der Waals surface area contributed by atoms with Gasteiger partial charge in [0.05, 0.1) is 11.5 Å². The van der Waals surface area contributed by atoms with E-state index < -0.39 is 23.3 Å². The summed E-state index contributed by atoms with van der Waals surface area (Å²) < 4.78 is 14.7. The number of anilines is 1. The molecule has 1 aliphatic carbocycles. The van der Waals surface area contributed by atoms with E-state index >= 15 is 0 Å². The van der Waals surface area contributed by atoms with E-state index in [9.17, 15) is 19.1 Å². The van der Waals surface area contributed by atoms with E-state index in [4.69, 9.17) is 0 Å². The van der Waals surface area contributed by atoms with Crippen molar-refractivity contribution in [1.29, 1.82) is 0 Å². The van der Waals surface area contributed by atoms with Gasteiger partial charge >= 0.3 is 0 Å². The molecule has 3 rings (SSSR count). The molecule has 1 aliphatic rings. The first-order chi connectivity index (χ1) is 13.2. The Bertz CT molecular complexity index is 934. The van der Waals surface area contributed by atoms with Crippen molar-refractivity contribution in [2.75, 3.05) is 5.32 Å². The summed E-state index contributed by atoms with van der Waals surface area (Å²) in [5.41, 5.74) is 0.394. The number of allylic oxidation sites excluding steroid dienone is 1. The van der Waals surface area contributed by atoms with Crippen LogP contribution in [0.4, 0.5) is 10.1 Å². The fourth-order valence-corrected chi connectivity index (χ4v) is 4.25. The highest BCUT2D eigenvalue weighted by Gasteiger charge is 2.49. The molecular formula is C23H24FNO3. The van der Waals surface area contributed by atoms with E-state index in [0.29, 0.717) is 11.3 Å². The second-order valence-corrected chi connectivity index (χ2v) is 7.56. The molecule has 0 saturated carbocycles. The number of aliphatic hydroxyl groups is 1. The van der Waals surface area contributed by atoms with Gasteiger partial charge in [-0.15, -0.1) is 0 Å². The molecule has 2 N–H and O–H groups in total. The molecule has 5 heteroatoms. The van der Waals surface area contributed by atoms with E-state index in [1.807, 2.05) is 30.3 Å². The number of nitrogens with one attached hydrogen (secondary N) is 1. The maximum absolute atomic E-state index is 14.7. The third kappa shape index (κ3) is 3.76. The lowest BCUT2D eigenvalue weighted by molar-refractivity contribution is -0.131. The maximum atomic E-state index is 14.7. The molecule has 0 saturated heterocycles. The Labute approximate surface area is 164 Å². The Morgan fingerprint density at radius 2 is 1.68 bits per heavy atom. The molecule has 4 nitrogen and oxygen atoms in total. The summed E-state index contributed by atoms with van der Waals surface area (Å²) in [6, 6.07) is 15.4. The van der Waals surface area contributed by atoms with E-state index in [-0.39, 0.29) is 23.6 Å². The van der Waals surface area contributed by atoms with Gasteiger partial charge in [-0.1, -0.05) is 36.4 Å². The Kier molecular flexibility index (Phi) is 5.47. The zero-order valence-corrected chi connectivity index (χ0v) is 16.2. The van der Waals surface area contributed by atoms with Crippen molar-refractivity contribution < 1.29 is 19.1 Å². The van der Waals surface area contributed by atoms with E-state index in [1.54, 1.807) is 25.1 Å². The van der Waals surface area contributed by atoms with Gasteiger partial charge in [-0.25, -0.2) is 4.39 Å². The van der Waals surface area contributed by atoms with Gasteiger partial charge in [-0.2, -0.15) is 0 Å². The third-order valence-corrected chi connectivity index (χ3v) is 5.30. The fraction of sp³-hybridized carbons (Fsp3) is 0.304. The highest BCUT2D eigenvalue weighted by atomic mass is 19.1. The SMILES string of the molecule is CC(=O)C1=C(Nc2ccccc2)C[C@@](C)(O)[C@H](C(C)=O)[C@@H]1c1ccccc1F. The van der Waals surface area contributed by atoms with Crippen LogP contribution in [0.1, 0.15) is 38.7 Å². The Morgan fingerprint density at radius 1 is 1.07 bits per heavy atom. The number of ketones is 2. The Balaban J connectivity index is 2.24. The molecule has 0 aliphatic heterocycles. The molecule has 0 spiro atoms. The molecule has 0 aromatic heterocycles. The predicted octanol–water partition coefficient (Wildman–Crippen LogP) is 4.22. The van der Waals surface area contributed by atoms with Crippen LogP contribution in [0.5, 0.6) is 0 Å². The standard InChI is InChI=1S/C23H24FNO3/c1-14(26)20-19(25-16-9-5-4-6-10-16)13-23(3,28)22(15(2)27)21(20)17-11-7-8-12-18(17)24/h4-12,21-22,25,28H,13H2,1-3H3/t21-,22-,23-/m1/s1. The number of rotatable bonds is 5. The predicted molar refractivity (Wildman–Crippen MR) is 106 cm³/mol. The van der Waals surface area contributed by atoms with Gasteiger partial charge in [0.2, 0.25) is 0 Å². The smallest absolute Gasteiger partial charge is 0.158 e. The van der Waals surface area contributed by atoms with Crippen LogP contribution in [0.3, 0.4) is 0 Å². The minimum absolute atomic E-state index is 0.0893. The summed E-state index contributed by atoms with van der Waals surface area (Å²) in [5.74, 6) is -2.84. The molecule has 0 bridgehead atoms. The van der Waals surface area contributed by atoms with Gasteiger partial charge in [0.15, 0.2) is 5.78 Å². The van der Waals surface area contributed by atoms with Crippen LogP contribution < -0.4 is 5.32 Å². The summed E-state index contributed by atoms with van der Waals surface area (Å²) in [6.45, 7) is 4.35. The number of carbonyl (C=O) groups is 2. The Morgan fingerprint density at radius 3 is 2.25 bits per heavy atom. The van der Waals surface area contributed by atoms with Crippen molar-refractivity contribution in [2.24, 2.45) is 5.92 Å². The van der Waals surface area contributed by atoms with E-state index in [0.717, 1.165) is 5.69 Å². The van der Waals surface area contributed by atoms with Crippen molar-refractivity contribution in [1.82, 2.24) is 0 Å². The molecule has 0 amide bonds. The number of hydrogen-bond acceptors (Lipinski definition) is 4. The summed E-state index contributed by atoms with van der Waals surface area (Å²) in [6.07, 6.45) is 0.0893. The van der Waals surface area contributed by atoms with Gasteiger partial charge in [0.25, 0.3) is 0 Å². The monoisotopic (exact) mass is 381 g/mol. The largest absolute Gasteiger partial charge is 0.389 e. The van der Waals surface area contributed by atoms with Crippen molar-refractivity contribution >= 4 is 17.3 Å². The molecule has 3 atom stereocenters. The van der Waals surface area contributed by atoms with Gasteiger partial charge in [0.1, 0.15) is 11.6 Å². The van der Waals surface area contributed by atoms with Crippen LogP contribution in [0, 0.1) is 11.7 Å². The van der Waals surface area contributed by atoms with Gasteiger partial charge in [0, 0.05) is 29.3 Å². The van der Waals surface area contributed by atoms with Crippen LogP contribution in [-0.4, -0.2) is 22.3 Å². The van der Waals surface area contributed by atoms with Crippen LogP contribution in [0.2, 0.25) is 0 Å². The van der Waals surface area contributed by atoms with Crippen molar-refractivity contribution in [3.05, 3.63) is 77.2 Å². The molecule has 0 unspecified atom stereocenters. The molecule has 146 valence electrons. The van der Waals surface area contributed by atoms with Crippen LogP contribution in [0.25, 0.3) is 0 Å². The fourth-order valence-electron chi connectivity index (χ4n) is 4.25. The number of para-hydroxylation sites is 1. The molecular weight excluding hydrogens is 357 g/mol. The first-order valence-corrected chi connectivity index (χ1v) is 9.25. The normalized spacial score (nSPS) is 24.8. The average molecular weight is 381 g/mol. The summed E-state index contributed by atoms with van der Waals surface area (Å²) in [7, 11) is 0. The van der Waals surface area contributed by atoms with Crippen molar-refractivity contribution in [2.45, 2.75) is 38.7 Å². The lowest BCUT2D eigenvalue weighted by atomic mass is 9.63. The van der Waals surface area contributed by atoms with Crippen LogP contribution in [0.15, 0.2) is 65.9 Å². The number of halogens is 1. The third-order valence-electron chi connectivity index (χ3n) is 5.30. The lowest BCUT2D eigenvalue weighted by Gasteiger charge is -2.43. The second kappa shape index (κ2) is 7.68. The minimum atomic E-state index is -1.44. The first-order valence-electron chi connectivity index (χ1n) is 9.25. The molecule has 2 aromatic carbocycles. The highest BCUT2D eigenvalue weighted by Crippen LogP contribution is 2.48. The first kappa shape index (κ1) is 20.0. The lowest BCUT2D eigenvalue weighted by Crippen LogP contribution is -2.48. The minimum Gasteiger partial charge on any atom is -0.389 e. The quantitative estimate of drug-likeness (QED) is 0.814. The number of hydrogen-bond donors (Lipinski definition) is 2. The van der Waals surface area contributed by atoms with Crippen LogP contribution in [-0.2, 0) is 9.59 Å².